The molecule has 186 valence electrons. The van der Waals surface area contributed by atoms with Crippen LogP contribution in [0.2, 0.25) is 5.28 Å². The number of benzene rings is 1. The molecule has 36 heavy (non-hydrogen) atoms. The molecule has 2 atom stereocenters. The molecule has 5 rings (SSSR count). The number of carbonyl (C=O) groups excluding carboxylic acids is 1. The lowest BCUT2D eigenvalue weighted by Crippen LogP contribution is -2.54. The van der Waals surface area contributed by atoms with Gasteiger partial charge in [-0.15, -0.1) is 0 Å². The van der Waals surface area contributed by atoms with Crippen molar-refractivity contribution >= 4 is 23.8 Å². The number of hydrogen-bond acceptors (Lipinski definition) is 5. The molecule has 1 fully saturated rings. The summed E-state index contributed by atoms with van der Waals surface area (Å²) >= 11 is 5.86. The van der Waals surface area contributed by atoms with E-state index in [2.05, 4.69) is 20.4 Å². The first kappa shape index (κ1) is 23.9. The van der Waals surface area contributed by atoms with Crippen molar-refractivity contribution in [1.29, 1.82) is 0 Å². The van der Waals surface area contributed by atoms with E-state index in [4.69, 9.17) is 11.6 Å². The molecule has 13 heteroatoms. The van der Waals surface area contributed by atoms with Crippen molar-refractivity contribution in [2.45, 2.75) is 18.6 Å². The fourth-order valence-electron chi connectivity index (χ4n) is 4.34. The molecule has 2 aromatic heterocycles. The summed E-state index contributed by atoms with van der Waals surface area (Å²) in [5, 5.41) is 8.49. The van der Waals surface area contributed by atoms with E-state index in [0.29, 0.717) is 30.6 Å². The number of halogens is 4. The zero-order chi connectivity index (χ0) is 25.4. The molecular weight excluding hydrogens is 499 g/mol. The molecule has 0 saturated carbocycles. The third-order valence-electron chi connectivity index (χ3n) is 6.02. The Morgan fingerprint density at radius 1 is 1.17 bits per heavy atom. The second kappa shape index (κ2) is 9.70. The molecule has 1 saturated heterocycles. The minimum Gasteiger partial charge on any atom is -0.318 e. The third kappa shape index (κ3) is 4.69. The highest BCUT2D eigenvalue weighted by molar-refractivity contribution is 6.27. The van der Waals surface area contributed by atoms with Crippen LogP contribution in [-0.2, 0) is 0 Å². The van der Waals surface area contributed by atoms with Gasteiger partial charge in [-0.2, -0.15) is 9.49 Å². The maximum atomic E-state index is 14.3. The number of aromatic amines is 1. The van der Waals surface area contributed by atoms with Crippen molar-refractivity contribution in [2.75, 3.05) is 19.6 Å². The van der Waals surface area contributed by atoms with Gasteiger partial charge in [0, 0.05) is 61.2 Å². The standard InChI is InChI=1S/C23H19ClF3N7O2/c24-22-29-10-17(27)21(31-22)13-1-2-20(35)33(11-13)19-12-32(6-5-28-19)23(36)34-18(3-4-30-34)14-7-15(25)9-16(26)8-14/h1-2,4,7-11,18-19,28H,3,5-6,12H2/p+1/t18-,19?/m0/s1. The van der Waals surface area contributed by atoms with Crippen LogP contribution >= 0.6 is 11.6 Å². The minimum atomic E-state index is -0.741. The number of rotatable bonds is 3. The topological polar surface area (TPSA) is 97.0 Å². The highest BCUT2D eigenvalue weighted by atomic mass is 35.5. The number of H-pyrrole nitrogens is 1. The summed E-state index contributed by atoms with van der Waals surface area (Å²) in [7, 11) is 0. The summed E-state index contributed by atoms with van der Waals surface area (Å²) in [4.78, 5) is 33.9. The van der Waals surface area contributed by atoms with Gasteiger partial charge in [-0.3, -0.25) is 14.7 Å². The van der Waals surface area contributed by atoms with Crippen LogP contribution in [0.1, 0.15) is 24.2 Å². The number of piperazine rings is 1. The van der Waals surface area contributed by atoms with Crippen LogP contribution in [-0.4, -0.2) is 51.3 Å². The molecular formula is C23H20ClF3N7O2+. The van der Waals surface area contributed by atoms with E-state index in [1.807, 2.05) is 0 Å². The lowest BCUT2D eigenvalue weighted by Gasteiger charge is -2.37. The quantitative estimate of drug-likeness (QED) is 0.539. The highest BCUT2D eigenvalue weighted by Gasteiger charge is 2.35. The highest BCUT2D eigenvalue weighted by Crippen LogP contribution is 2.31. The van der Waals surface area contributed by atoms with Crippen molar-refractivity contribution in [3.63, 3.8) is 0 Å². The predicted octanol–water partition coefficient (Wildman–Crippen LogP) is 2.75. The van der Waals surface area contributed by atoms with Crippen molar-refractivity contribution in [3.8, 4) is 11.3 Å². The van der Waals surface area contributed by atoms with Crippen molar-refractivity contribution in [1.82, 2.24) is 24.8 Å². The van der Waals surface area contributed by atoms with Crippen LogP contribution in [0, 0.1) is 17.5 Å². The lowest BCUT2D eigenvalue weighted by atomic mass is 10.0. The smallest absolute Gasteiger partial charge is 0.318 e. The molecule has 2 aliphatic heterocycles. The van der Waals surface area contributed by atoms with Gasteiger partial charge in [0.25, 0.3) is 5.56 Å². The number of nitrogens with zero attached hydrogens (tertiary/aromatic N) is 5. The molecule has 0 bridgehead atoms. The van der Waals surface area contributed by atoms with Gasteiger partial charge < -0.3 is 4.90 Å². The van der Waals surface area contributed by atoms with Gasteiger partial charge in [0.2, 0.25) is 11.5 Å². The molecule has 1 unspecified atom stereocenters. The lowest BCUT2D eigenvalue weighted by molar-refractivity contribution is -0.382. The average molecular weight is 519 g/mol. The summed E-state index contributed by atoms with van der Waals surface area (Å²) in [6.07, 6.45) is 3.71. The van der Waals surface area contributed by atoms with Crippen molar-refractivity contribution in [3.05, 3.63) is 81.4 Å². The third-order valence-corrected chi connectivity index (χ3v) is 6.22. The largest absolute Gasteiger partial charge is 0.394 e. The molecule has 2 amide bonds. The van der Waals surface area contributed by atoms with Gasteiger partial charge in [0.05, 0.1) is 12.6 Å². The number of carbonyl (C=O) groups is 1. The number of hydrogen-bond donors (Lipinski definition) is 1. The van der Waals surface area contributed by atoms with Crippen LogP contribution < -0.4 is 15.9 Å². The molecule has 1 aromatic carbocycles. The van der Waals surface area contributed by atoms with E-state index in [9.17, 15) is 22.8 Å². The van der Waals surface area contributed by atoms with E-state index < -0.39 is 35.7 Å². The van der Waals surface area contributed by atoms with E-state index in [0.717, 1.165) is 12.3 Å². The molecule has 4 heterocycles. The molecule has 0 spiro atoms. The van der Waals surface area contributed by atoms with E-state index in [1.165, 1.54) is 51.2 Å². The summed E-state index contributed by atoms with van der Waals surface area (Å²) < 4.78 is 43.2. The Balaban J connectivity index is 1.39. The first-order chi connectivity index (χ1) is 17.3. The zero-order valence-corrected chi connectivity index (χ0v) is 19.4. The van der Waals surface area contributed by atoms with Gasteiger partial charge in [0.1, 0.15) is 24.0 Å². The monoisotopic (exact) mass is 518 g/mol. The van der Waals surface area contributed by atoms with Crippen LogP contribution in [0.25, 0.3) is 11.3 Å². The normalized spacial score (nSPS) is 19.7. The van der Waals surface area contributed by atoms with Gasteiger partial charge in [-0.05, 0) is 28.7 Å². The van der Waals surface area contributed by atoms with Gasteiger partial charge >= 0.3 is 11.3 Å². The first-order valence-corrected chi connectivity index (χ1v) is 11.4. The molecule has 0 radical (unpaired) electrons. The minimum absolute atomic E-state index is 0.0180. The number of amides is 2. The SMILES string of the molecule is O=C(N1CCNC(n2cc(-c3nc(Cl)[nH+]cc3F)ccc2=O)C1)N1N=CC[C@H]1c1cc(F)cc(F)c1. The molecule has 2 N–H and O–H groups in total. The summed E-state index contributed by atoms with van der Waals surface area (Å²) in [6.45, 7) is 0.778. The van der Waals surface area contributed by atoms with Gasteiger partial charge in [-0.1, -0.05) is 0 Å². The van der Waals surface area contributed by atoms with Crippen LogP contribution in [0.5, 0.6) is 0 Å². The zero-order valence-electron chi connectivity index (χ0n) is 18.7. The van der Waals surface area contributed by atoms with E-state index in [-0.39, 0.29) is 23.1 Å². The number of aromatic nitrogens is 3. The van der Waals surface area contributed by atoms with Crippen molar-refractivity contribution in [2.24, 2.45) is 5.10 Å². The fourth-order valence-corrected chi connectivity index (χ4v) is 4.48. The fraction of sp³-hybridized carbons (Fsp3) is 0.261. The predicted molar refractivity (Wildman–Crippen MR) is 124 cm³/mol. The Morgan fingerprint density at radius 2 is 1.94 bits per heavy atom. The second-order valence-corrected chi connectivity index (χ2v) is 8.70. The average Bonchev–Trinajstić information content (AvgIpc) is 3.35. The maximum Gasteiger partial charge on any atom is 0.394 e. The maximum absolute atomic E-state index is 14.3. The molecule has 3 aromatic rings. The van der Waals surface area contributed by atoms with Gasteiger partial charge in [-0.25, -0.2) is 23.6 Å². The molecule has 2 aliphatic rings. The van der Waals surface area contributed by atoms with Crippen molar-refractivity contribution < 1.29 is 22.9 Å². The number of nitrogens with one attached hydrogen (secondary N) is 2. The van der Waals surface area contributed by atoms with Gasteiger partial charge in [0.15, 0.2) is 0 Å². The molecule has 0 aliphatic carbocycles. The number of urea groups is 1. The van der Waals surface area contributed by atoms with E-state index in [1.54, 1.807) is 0 Å². The Morgan fingerprint density at radius 3 is 2.72 bits per heavy atom. The first-order valence-electron chi connectivity index (χ1n) is 11.1. The van der Waals surface area contributed by atoms with E-state index >= 15 is 0 Å². The summed E-state index contributed by atoms with van der Waals surface area (Å²) in [5.41, 5.74) is 0.215. The molecule has 9 nitrogen and oxygen atoms in total. The number of pyridine rings is 1. The van der Waals surface area contributed by atoms with Crippen LogP contribution in [0.3, 0.4) is 0 Å². The Labute approximate surface area is 207 Å². The van der Waals surface area contributed by atoms with Crippen LogP contribution in [0.15, 0.2) is 52.6 Å². The summed E-state index contributed by atoms with van der Waals surface area (Å²) in [6, 6.07) is 4.71. The van der Waals surface area contributed by atoms with Crippen LogP contribution in [0.4, 0.5) is 18.0 Å². The number of hydrazone groups is 1. The Bertz CT molecular complexity index is 1400. The Kier molecular flexibility index (Phi) is 6.46. The Hall–Kier alpha value is -3.77. The summed E-state index contributed by atoms with van der Waals surface area (Å²) in [5.74, 6) is -2.13. The second-order valence-electron chi connectivity index (χ2n) is 8.35.